The number of nitrogens with zero attached hydrogens (tertiary/aromatic N) is 2. The van der Waals surface area contributed by atoms with Crippen molar-refractivity contribution < 1.29 is 23.1 Å². The summed E-state index contributed by atoms with van der Waals surface area (Å²) in [6, 6.07) is 11.3. The van der Waals surface area contributed by atoms with Gasteiger partial charge in [0.15, 0.2) is 0 Å². The van der Waals surface area contributed by atoms with E-state index in [2.05, 4.69) is 11.6 Å². The number of ether oxygens (including phenoxy) is 1. The number of aliphatic hydroxyl groups excluding tert-OH is 1. The van der Waals surface area contributed by atoms with Gasteiger partial charge in [0, 0.05) is 30.3 Å². The molecule has 3 saturated heterocycles. The molecule has 4 nitrogen and oxygen atoms in total. The third-order valence-corrected chi connectivity index (χ3v) is 7.88. The number of piperidine rings is 3. The van der Waals surface area contributed by atoms with E-state index in [1.807, 2.05) is 30.3 Å². The van der Waals surface area contributed by atoms with E-state index in [9.17, 15) is 13.9 Å². The molecule has 1 N–H and O–H groups in total. The number of rotatable bonds is 6. The Morgan fingerprint density at radius 2 is 2.03 bits per heavy atom. The molecule has 3 aliphatic rings. The largest absolute Gasteiger partial charge is 0.497 e. The van der Waals surface area contributed by atoms with E-state index in [-0.39, 0.29) is 24.1 Å². The van der Waals surface area contributed by atoms with Crippen molar-refractivity contribution in [2.45, 2.75) is 31.5 Å². The zero-order chi connectivity index (χ0) is 23.2. The number of benzene rings is 2. The van der Waals surface area contributed by atoms with Gasteiger partial charge in [-0.05, 0) is 47.9 Å². The molecule has 0 saturated carbocycles. The minimum Gasteiger partial charge on any atom is -0.497 e. The lowest BCUT2D eigenvalue weighted by atomic mass is 9.71. The molecule has 5 atom stereocenters. The summed E-state index contributed by atoms with van der Waals surface area (Å²) in [5.74, 6) is 0.315. The van der Waals surface area contributed by atoms with E-state index < -0.39 is 17.7 Å². The number of pyridine rings is 1. The van der Waals surface area contributed by atoms with Crippen LogP contribution in [0.4, 0.5) is 8.78 Å². The predicted octanol–water partition coefficient (Wildman–Crippen LogP) is 5.17. The molecule has 3 aromatic rings. The Balaban J connectivity index is 1.59. The molecule has 0 amide bonds. The van der Waals surface area contributed by atoms with Gasteiger partial charge in [0.25, 0.3) is 0 Å². The highest BCUT2D eigenvalue weighted by atomic mass is 19.1. The van der Waals surface area contributed by atoms with Gasteiger partial charge in [-0.2, -0.15) is 0 Å². The first-order valence-corrected chi connectivity index (χ1v) is 11.5. The maximum atomic E-state index is 14.7. The van der Waals surface area contributed by atoms with Gasteiger partial charge in [-0.15, -0.1) is 6.58 Å². The van der Waals surface area contributed by atoms with Crippen molar-refractivity contribution in [2.75, 3.05) is 20.2 Å². The molecule has 3 aliphatic heterocycles. The van der Waals surface area contributed by atoms with Crippen LogP contribution in [0.1, 0.15) is 30.1 Å². The Bertz CT molecular complexity index is 1180. The maximum absolute atomic E-state index is 14.7. The van der Waals surface area contributed by atoms with Crippen LogP contribution in [-0.2, 0) is 6.54 Å². The Kier molecular flexibility index (Phi) is 5.67. The van der Waals surface area contributed by atoms with E-state index in [0.29, 0.717) is 16.2 Å². The van der Waals surface area contributed by atoms with Gasteiger partial charge in [0.1, 0.15) is 36.1 Å². The number of quaternary nitrogens is 1. The van der Waals surface area contributed by atoms with Crippen molar-refractivity contribution in [1.29, 1.82) is 0 Å². The molecule has 172 valence electrons. The average Bonchev–Trinajstić information content (AvgIpc) is 2.85. The molecule has 2 bridgehead atoms. The molecule has 3 fully saturated rings. The van der Waals surface area contributed by atoms with Crippen molar-refractivity contribution in [3.63, 3.8) is 0 Å². The van der Waals surface area contributed by atoms with Gasteiger partial charge < -0.3 is 14.3 Å². The molecule has 0 spiro atoms. The molecule has 1 unspecified atom stereocenters. The van der Waals surface area contributed by atoms with Gasteiger partial charge in [-0.3, -0.25) is 4.98 Å². The van der Waals surface area contributed by atoms with Crippen LogP contribution in [0.5, 0.6) is 5.75 Å². The summed E-state index contributed by atoms with van der Waals surface area (Å²) < 4.78 is 35.2. The minimum absolute atomic E-state index is 0.0964. The Labute approximate surface area is 192 Å². The molecule has 33 heavy (non-hydrogen) atoms. The molecule has 4 heterocycles. The van der Waals surface area contributed by atoms with Gasteiger partial charge in [0.05, 0.1) is 31.3 Å². The van der Waals surface area contributed by atoms with Crippen LogP contribution in [0, 0.1) is 23.5 Å². The fourth-order valence-electron chi connectivity index (χ4n) is 6.12. The van der Waals surface area contributed by atoms with Crippen molar-refractivity contribution >= 4 is 10.9 Å². The molecular weight excluding hydrogens is 422 g/mol. The number of aliphatic hydroxyl groups is 1. The van der Waals surface area contributed by atoms with Crippen LogP contribution in [0.2, 0.25) is 0 Å². The van der Waals surface area contributed by atoms with Crippen LogP contribution in [0.25, 0.3) is 10.9 Å². The predicted molar refractivity (Wildman–Crippen MR) is 124 cm³/mol. The zero-order valence-corrected chi connectivity index (χ0v) is 18.8. The van der Waals surface area contributed by atoms with Gasteiger partial charge in [-0.1, -0.05) is 12.1 Å². The standard InChI is InChI=1S/C27H29F2N2O2/c1-3-17-15-31(16-22-23(28)5-4-6-24(22)29)12-10-18(17)13-26(31)27(32)20-9-11-30-25-8-7-19(33-2)14-21(20)25/h3-9,11,14,17-18,26-27,32H,1,10,12-13,15-16H2,2H3/q+1/t17-,18-,26+,27-,31?/m0/s1. The van der Waals surface area contributed by atoms with Gasteiger partial charge >= 0.3 is 0 Å². The van der Waals surface area contributed by atoms with Crippen molar-refractivity contribution in [3.05, 3.63) is 84.1 Å². The summed E-state index contributed by atoms with van der Waals surface area (Å²) in [4.78, 5) is 4.44. The second-order valence-corrected chi connectivity index (χ2v) is 9.46. The van der Waals surface area contributed by atoms with Crippen molar-refractivity contribution in [2.24, 2.45) is 11.8 Å². The Morgan fingerprint density at radius 3 is 2.76 bits per heavy atom. The van der Waals surface area contributed by atoms with Gasteiger partial charge in [0.2, 0.25) is 0 Å². The van der Waals surface area contributed by atoms with Gasteiger partial charge in [-0.25, -0.2) is 8.78 Å². The second kappa shape index (κ2) is 8.50. The summed E-state index contributed by atoms with van der Waals surface area (Å²) in [6.45, 7) is 5.73. The highest BCUT2D eigenvalue weighted by Gasteiger charge is 2.54. The SMILES string of the molecule is C=C[C@H]1C[N+]2(Cc3c(F)cccc3F)CC[C@H]1C[C@@H]2[C@@H](O)c1ccnc2ccc(OC)cc12. The molecule has 2 aromatic carbocycles. The number of halogens is 2. The topological polar surface area (TPSA) is 42.4 Å². The lowest BCUT2D eigenvalue weighted by molar-refractivity contribution is -0.985. The highest BCUT2D eigenvalue weighted by molar-refractivity contribution is 5.83. The number of fused-ring (bicyclic) bond motifs is 4. The monoisotopic (exact) mass is 451 g/mol. The number of hydrogen-bond acceptors (Lipinski definition) is 3. The fourth-order valence-corrected chi connectivity index (χ4v) is 6.12. The molecule has 1 aromatic heterocycles. The summed E-state index contributed by atoms with van der Waals surface area (Å²) >= 11 is 0. The Hall–Kier alpha value is -2.83. The van der Waals surface area contributed by atoms with Crippen LogP contribution in [0.3, 0.4) is 0 Å². The normalized spacial score (nSPS) is 27.5. The van der Waals surface area contributed by atoms with Crippen LogP contribution >= 0.6 is 0 Å². The quantitative estimate of drug-likeness (QED) is 0.416. The number of aromatic nitrogens is 1. The summed E-state index contributed by atoms with van der Waals surface area (Å²) in [5, 5.41) is 12.6. The molecule has 6 heteroatoms. The van der Waals surface area contributed by atoms with Crippen molar-refractivity contribution in [1.82, 2.24) is 4.98 Å². The lowest BCUT2D eigenvalue weighted by Crippen LogP contribution is -2.67. The van der Waals surface area contributed by atoms with E-state index in [1.165, 1.54) is 18.2 Å². The van der Waals surface area contributed by atoms with Crippen molar-refractivity contribution in [3.8, 4) is 5.75 Å². The molecule has 0 radical (unpaired) electrons. The van der Waals surface area contributed by atoms with Crippen LogP contribution in [-0.4, -0.2) is 40.8 Å². The van der Waals surface area contributed by atoms with E-state index in [4.69, 9.17) is 4.74 Å². The summed E-state index contributed by atoms with van der Waals surface area (Å²) in [7, 11) is 1.61. The third kappa shape index (κ3) is 3.71. The molecular formula is C27H29F2N2O2+. The first-order chi connectivity index (χ1) is 16.0. The molecule has 0 aliphatic carbocycles. The number of hydrogen-bond donors (Lipinski definition) is 1. The molecule has 6 rings (SSSR count). The van der Waals surface area contributed by atoms with E-state index in [1.54, 1.807) is 13.3 Å². The minimum atomic E-state index is -0.800. The second-order valence-electron chi connectivity index (χ2n) is 9.46. The van der Waals surface area contributed by atoms with Crippen LogP contribution in [0.15, 0.2) is 61.3 Å². The lowest BCUT2D eigenvalue weighted by Gasteiger charge is -2.58. The van der Waals surface area contributed by atoms with E-state index in [0.717, 1.165) is 42.4 Å². The highest BCUT2D eigenvalue weighted by Crippen LogP contribution is 2.48. The summed E-state index contributed by atoms with van der Waals surface area (Å²) in [6.07, 6.45) is 4.62. The first kappa shape index (κ1) is 22.0. The third-order valence-electron chi connectivity index (χ3n) is 7.88. The van der Waals surface area contributed by atoms with Crippen LogP contribution < -0.4 is 4.74 Å². The zero-order valence-electron chi connectivity index (χ0n) is 18.8. The average molecular weight is 452 g/mol. The Morgan fingerprint density at radius 1 is 1.24 bits per heavy atom. The van der Waals surface area contributed by atoms with E-state index >= 15 is 0 Å². The first-order valence-electron chi connectivity index (χ1n) is 11.5. The summed E-state index contributed by atoms with van der Waals surface area (Å²) in [5.41, 5.74) is 1.65. The number of methoxy groups -OCH3 is 1. The smallest absolute Gasteiger partial charge is 0.135 e. The fraction of sp³-hybridized carbons (Fsp3) is 0.370. The maximum Gasteiger partial charge on any atom is 0.135 e.